The van der Waals surface area contributed by atoms with E-state index in [9.17, 15) is 43.2 Å². The maximum absolute atomic E-state index is 13.4. The van der Waals surface area contributed by atoms with Crippen molar-refractivity contribution in [1.82, 2.24) is 0 Å². The van der Waals surface area contributed by atoms with Gasteiger partial charge >= 0.3 is 31.3 Å². The molecule has 204 valence electrons. The van der Waals surface area contributed by atoms with Crippen LogP contribution in [0.25, 0.3) is 16.8 Å². The summed E-state index contributed by atoms with van der Waals surface area (Å²) in [7, 11) is -13.4. The summed E-state index contributed by atoms with van der Waals surface area (Å²) in [5, 5.41) is 0.687. The Hall–Kier alpha value is -1.98. The van der Waals surface area contributed by atoms with E-state index in [1.54, 1.807) is 12.1 Å². The van der Waals surface area contributed by atoms with E-state index in [0.717, 1.165) is 6.08 Å². The Morgan fingerprint density at radius 2 is 1.29 bits per heavy atom. The Morgan fingerprint density at radius 3 is 1.87 bits per heavy atom. The molecule has 0 saturated heterocycles. The van der Waals surface area contributed by atoms with Crippen LogP contribution in [0.15, 0.2) is 69.6 Å². The van der Waals surface area contributed by atoms with Crippen LogP contribution in [0, 0.1) is 0 Å². The van der Waals surface area contributed by atoms with Crippen molar-refractivity contribution in [2.75, 3.05) is 0 Å². The molecule has 0 bridgehead atoms. The van der Waals surface area contributed by atoms with Gasteiger partial charge in [0.05, 0.1) is 5.92 Å². The summed E-state index contributed by atoms with van der Waals surface area (Å²) in [6, 6.07) is 12.9. The largest absolute Gasteiger partial charge is 0.523 e. The molecule has 16 heteroatoms. The molecule has 0 saturated carbocycles. The number of hydrogen-bond donors (Lipinski definition) is 0. The first-order valence-electron chi connectivity index (χ1n) is 10.1. The molecule has 0 unspecified atom stereocenters. The van der Waals surface area contributed by atoms with Gasteiger partial charge in [-0.25, -0.2) is 8.37 Å². The lowest BCUT2D eigenvalue weighted by atomic mass is 9.77. The predicted molar refractivity (Wildman–Crippen MR) is 132 cm³/mol. The van der Waals surface area contributed by atoms with Gasteiger partial charge in [0.1, 0.15) is 0 Å². The van der Waals surface area contributed by atoms with Crippen LogP contribution in [0.5, 0.6) is 0 Å². The molecule has 0 aliphatic heterocycles. The third kappa shape index (κ3) is 5.25. The first-order chi connectivity index (χ1) is 17.4. The van der Waals surface area contributed by atoms with Crippen LogP contribution in [-0.4, -0.2) is 33.6 Å². The molecule has 0 spiro atoms. The van der Waals surface area contributed by atoms with Gasteiger partial charge in [0.15, 0.2) is 0 Å². The monoisotopic (exact) mass is 708 g/mol. The topological polar surface area (TPSA) is 86.7 Å². The van der Waals surface area contributed by atoms with Gasteiger partial charge in [-0.3, -0.25) is 0 Å². The number of alkyl halides is 6. The lowest BCUT2D eigenvalue weighted by molar-refractivity contribution is -0.123. The molecule has 0 N–H and O–H groups in total. The van der Waals surface area contributed by atoms with E-state index in [2.05, 4.69) is 40.2 Å². The number of fused-ring (bicyclic) bond motifs is 2. The van der Waals surface area contributed by atoms with E-state index in [4.69, 9.17) is 0 Å². The first kappa shape index (κ1) is 29.0. The van der Waals surface area contributed by atoms with Gasteiger partial charge in [-0.2, -0.15) is 43.2 Å². The van der Waals surface area contributed by atoms with Gasteiger partial charge in [0.25, 0.3) is 0 Å². The van der Waals surface area contributed by atoms with Crippen LogP contribution >= 0.6 is 31.9 Å². The highest BCUT2D eigenvalue weighted by atomic mass is 79.9. The molecule has 1 atom stereocenters. The van der Waals surface area contributed by atoms with Gasteiger partial charge in [-0.1, -0.05) is 68.3 Å². The van der Waals surface area contributed by atoms with Crippen LogP contribution in [0.2, 0.25) is 0 Å². The van der Waals surface area contributed by atoms with Gasteiger partial charge < -0.3 is 0 Å². The van der Waals surface area contributed by atoms with Crippen molar-refractivity contribution in [3.8, 4) is 0 Å². The molecule has 0 fully saturated rings. The summed E-state index contributed by atoms with van der Waals surface area (Å²) in [6.07, 6.45) is 1.33. The van der Waals surface area contributed by atoms with Crippen molar-refractivity contribution >= 4 is 68.9 Å². The second-order valence-corrected chi connectivity index (χ2v) is 12.8. The summed E-state index contributed by atoms with van der Waals surface area (Å²) in [5.41, 5.74) is -12.2. The van der Waals surface area contributed by atoms with Gasteiger partial charge in [-0.05, 0) is 57.8 Å². The molecule has 3 aromatic rings. The third-order valence-electron chi connectivity index (χ3n) is 5.49. The Kier molecular flexibility index (Phi) is 7.32. The minimum absolute atomic E-state index is 0.0686. The lowest BCUT2D eigenvalue weighted by Gasteiger charge is -2.40. The van der Waals surface area contributed by atoms with Crippen molar-refractivity contribution in [2.45, 2.75) is 22.7 Å². The average Bonchev–Trinajstić information content (AvgIpc) is 2.76. The summed E-state index contributed by atoms with van der Waals surface area (Å²) in [6.45, 7) is 0. The quantitative estimate of drug-likeness (QED) is 0.123. The second-order valence-electron chi connectivity index (χ2n) is 7.94. The number of benzene rings is 3. The van der Waals surface area contributed by atoms with E-state index < -0.39 is 43.0 Å². The van der Waals surface area contributed by atoms with Crippen molar-refractivity contribution in [3.63, 3.8) is 0 Å². The van der Waals surface area contributed by atoms with E-state index >= 15 is 0 Å². The Balaban J connectivity index is 2.11. The van der Waals surface area contributed by atoms with Gasteiger partial charge in [-0.15, -0.1) is 0 Å². The van der Waals surface area contributed by atoms with Crippen LogP contribution in [-0.2, 0) is 28.6 Å². The molecular formula is C22H12Br2F6O6S2. The zero-order valence-corrected chi connectivity index (χ0v) is 23.0. The zero-order valence-electron chi connectivity index (χ0n) is 18.2. The van der Waals surface area contributed by atoms with Crippen molar-refractivity contribution < 1.29 is 51.5 Å². The van der Waals surface area contributed by atoms with Crippen LogP contribution < -0.4 is 0 Å². The molecule has 38 heavy (non-hydrogen) atoms. The molecule has 6 nitrogen and oxygen atoms in total. The predicted octanol–water partition coefficient (Wildman–Crippen LogP) is 6.95. The standard InChI is InChI=1S/C22H12Br2F6O6S2/c23-14-4-6-16-12(10-14)2-1-3-18(16)19-17-7-5-15(24)11-13(17)8-9-20(19,35-37(31,32)21(25,26)27)36-38(33,34)22(28,29)30/h1-11,19H/t19-/m0/s1. The fraction of sp³-hybridized carbons (Fsp3) is 0.182. The Bertz CT molecular complexity index is 1620. The number of hydrogen-bond acceptors (Lipinski definition) is 6. The number of halogens is 8. The molecule has 0 radical (unpaired) electrons. The third-order valence-corrected chi connectivity index (χ3v) is 8.57. The fourth-order valence-corrected chi connectivity index (χ4v) is 6.04. The molecule has 0 amide bonds. The molecule has 4 rings (SSSR count). The normalized spacial score (nSPS) is 17.9. The van der Waals surface area contributed by atoms with Gasteiger partial charge in [0.2, 0.25) is 5.79 Å². The summed E-state index contributed by atoms with van der Waals surface area (Å²) < 4.78 is 139. The molecule has 0 heterocycles. The summed E-state index contributed by atoms with van der Waals surface area (Å²) in [4.78, 5) is 0. The molecular weight excluding hydrogens is 698 g/mol. The fourth-order valence-electron chi connectivity index (χ4n) is 3.99. The Labute approximate surface area is 228 Å². The van der Waals surface area contributed by atoms with Crippen LogP contribution in [0.3, 0.4) is 0 Å². The maximum Gasteiger partial charge on any atom is 0.523 e. The average molecular weight is 710 g/mol. The second kappa shape index (κ2) is 9.59. The smallest absolute Gasteiger partial charge is 0.222 e. The van der Waals surface area contributed by atoms with Gasteiger partial charge in [0, 0.05) is 8.95 Å². The van der Waals surface area contributed by atoms with E-state index in [1.807, 2.05) is 0 Å². The van der Waals surface area contributed by atoms with Crippen molar-refractivity contribution in [2.24, 2.45) is 0 Å². The van der Waals surface area contributed by atoms with Crippen molar-refractivity contribution in [1.29, 1.82) is 0 Å². The highest BCUT2D eigenvalue weighted by Gasteiger charge is 2.61. The summed E-state index contributed by atoms with van der Waals surface area (Å²) >= 11 is 6.46. The molecule has 1 aliphatic carbocycles. The van der Waals surface area contributed by atoms with E-state index in [-0.39, 0.29) is 22.1 Å². The minimum atomic E-state index is -6.71. The summed E-state index contributed by atoms with van der Waals surface area (Å²) in [5.74, 6) is -5.61. The Morgan fingerprint density at radius 1 is 0.737 bits per heavy atom. The maximum atomic E-state index is 13.4. The minimum Gasteiger partial charge on any atom is -0.222 e. The molecule has 1 aliphatic rings. The highest BCUT2D eigenvalue weighted by molar-refractivity contribution is 9.10. The lowest BCUT2D eigenvalue weighted by Crippen LogP contribution is -2.49. The zero-order chi connectivity index (χ0) is 28.3. The van der Waals surface area contributed by atoms with Crippen LogP contribution in [0.4, 0.5) is 26.3 Å². The van der Waals surface area contributed by atoms with Crippen LogP contribution in [0.1, 0.15) is 22.6 Å². The molecule has 3 aromatic carbocycles. The van der Waals surface area contributed by atoms with E-state index in [0.29, 0.717) is 20.4 Å². The van der Waals surface area contributed by atoms with E-state index in [1.165, 1.54) is 42.5 Å². The molecule has 0 aromatic heterocycles. The highest BCUT2D eigenvalue weighted by Crippen LogP contribution is 2.50. The SMILES string of the molecule is O=S(=O)(OC1(OS(=O)(=O)C(F)(F)F)C=Cc2cc(Br)ccc2[C@H]1c1cccc2cc(Br)ccc12)C(F)(F)F. The number of rotatable bonds is 5. The van der Waals surface area contributed by atoms with Crippen molar-refractivity contribution in [3.05, 3.63) is 86.3 Å². The first-order valence-corrected chi connectivity index (χ1v) is 14.5.